The number of hydrogen-bond acceptors (Lipinski definition) is 11. The molecule has 2 saturated carbocycles. The largest absolute Gasteiger partial charge is 0.458 e. The molecule has 1 spiro atoms. The number of fused-ring (bicyclic) bond motifs is 4. The zero-order valence-corrected chi connectivity index (χ0v) is 29.8. The van der Waals surface area contributed by atoms with E-state index >= 15 is 0 Å². The Morgan fingerprint density at radius 1 is 1.10 bits per heavy atom. The maximum Gasteiger partial charge on any atom is 0.408 e. The van der Waals surface area contributed by atoms with Crippen LogP contribution in [0, 0.1) is 28.6 Å². The van der Waals surface area contributed by atoms with Crippen molar-refractivity contribution in [3.8, 4) is 0 Å². The predicted octanol–water partition coefficient (Wildman–Crippen LogP) is 4.03. The molecule has 0 aromatic rings. The molecule has 6 aliphatic rings. The molecule has 11 atom stereocenters. The van der Waals surface area contributed by atoms with Crippen LogP contribution in [0.5, 0.6) is 0 Å². The molecule has 2 N–H and O–H groups in total. The van der Waals surface area contributed by atoms with Crippen molar-refractivity contribution in [3.63, 3.8) is 0 Å². The fourth-order valence-electron chi connectivity index (χ4n) is 9.89. The van der Waals surface area contributed by atoms with Crippen LogP contribution in [0.25, 0.3) is 0 Å². The highest BCUT2D eigenvalue weighted by molar-refractivity contribution is 5.98. The van der Waals surface area contributed by atoms with Crippen molar-refractivity contribution in [2.75, 3.05) is 6.54 Å². The standard InChI is InChI=1S/C37H49NO11/c1-18-14-25(46-31(42)19(18)2)20(3)23-15-28(45-21(4)39)36(44)24-16-29-37(48-29)27(47-30(41)17-38-32(43)49-33(5,6)7)11-10-26(40)35(37,9)22(24)12-13-34(23,36)8/h10-11,15,20,22,24-25,27-29,44H,12-14,16-17H2,1-9H3,(H,38,43). The molecule has 2 aliphatic heterocycles. The van der Waals surface area contributed by atoms with Gasteiger partial charge in [0, 0.05) is 30.3 Å². The summed E-state index contributed by atoms with van der Waals surface area (Å²) in [7, 11) is 0. The number of nitrogens with one attached hydrogen (secondary N) is 1. The summed E-state index contributed by atoms with van der Waals surface area (Å²) in [6.07, 6.45) is 3.04. The number of ketones is 1. The molecule has 3 fully saturated rings. The van der Waals surface area contributed by atoms with Gasteiger partial charge in [0.05, 0.1) is 11.5 Å². The number of carbonyl (C=O) groups is 5. The van der Waals surface area contributed by atoms with Gasteiger partial charge in [-0.15, -0.1) is 0 Å². The average molecular weight is 684 g/mol. The van der Waals surface area contributed by atoms with Gasteiger partial charge in [-0.2, -0.15) is 0 Å². The second kappa shape index (κ2) is 11.5. The minimum atomic E-state index is -1.60. The Balaban J connectivity index is 1.28. The number of cyclic esters (lactones) is 1. The van der Waals surface area contributed by atoms with E-state index in [2.05, 4.69) is 5.32 Å². The monoisotopic (exact) mass is 683 g/mol. The minimum absolute atomic E-state index is 0.189. The van der Waals surface area contributed by atoms with E-state index in [0.29, 0.717) is 31.3 Å². The van der Waals surface area contributed by atoms with Crippen molar-refractivity contribution < 1.29 is 52.8 Å². The number of hydrogen-bond donors (Lipinski definition) is 2. The quantitative estimate of drug-likeness (QED) is 0.180. The summed E-state index contributed by atoms with van der Waals surface area (Å²) in [6.45, 7) is 15.5. The number of amides is 1. The number of rotatable bonds is 6. The SMILES string of the molecule is CC(=O)OC1C=C(C(C)C2CC(C)=C(C)C(=O)O2)C2(C)CCC3C(CC4OC45C(OC(=O)CNC(=O)OC(C)(C)C)C=CC(=O)C35C)C12O. The Morgan fingerprint density at radius 3 is 2.43 bits per heavy atom. The highest BCUT2D eigenvalue weighted by Gasteiger charge is 2.83. The van der Waals surface area contributed by atoms with Crippen LogP contribution in [-0.2, 0) is 42.9 Å². The smallest absolute Gasteiger partial charge is 0.408 e. The molecule has 11 unspecified atom stereocenters. The number of ether oxygens (including phenoxy) is 5. The molecule has 0 bridgehead atoms. The van der Waals surface area contributed by atoms with Gasteiger partial charge in [-0.3, -0.25) is 14.4 Å². The molecule has 1 saturated heterocycles. The maximum atomic E-state index is 14.0. The van der Waals surface area contributed by atoms with E-state index in [0.717, 1.165) is 11.1 Å². The molecule has 268 valence electrons. The third-order valence-electron chi connectivity index (χ3n) is 12.5. The van der Waals surface area contributed by atoms with Crippen LogP contribution in [0.15, 0.2) is 34.9 Å². The zero-order valence-electron chi connectivity index (χ0n) is 29.8. The van der Waals surface area contributed by atoms with E-state index in [1.807, 2.05) is 33.8 Å². The van der Waals surface area contributed by atoms with Crippen LogP contribution in [0.1, 0.15) is 88.0 Å². The van der Waals surface area contributed by atoms with Gasteiger partial charge in [0.1, 0.15) is 35.6 Å². The first-order chi connectivity index (χ1) is 22.7. The molecule has 4 aliphatic carbocycles. The number of aliphatic hydroxyl groups is 1. The van der Waals surface area contributed by atoms with Crippen molar-refractivity contribution in [1.82, 2.24) is 5.32 Å². The lowest BCUT2D eigenvalue weighted by molar-refractivity contribution is -0.225. The Hall–Kier alpha value is -3.51. The van der Waals surface area contributed by atoms with Gasteiger partial charge in [-0.05, 0) is 90.9 Å². The third-order valence-corrected chi connectivity index (χ3v) is 12.5. The zero-order chi connectivity index (χ0) is 36.1. The first-order valence-electron chi connectivity index (χ1n) is 17.3. The molecule has 6 rings (SSSR count). The van der Waals surface area contributed by atoms with Crippen LogP contribution < -0.4 is 5.32 Å². The molecule has 0 aromatic carbocycles. The average Bonchev–Trinajstić information content (AvgIpc) is 3.69. The number of epoxide rings is 1. The molecule has 12 heteroatoms. The molecule has 49 heavy (non-hydrogen) atoms. The van der Waals surface area contributed by atoms with Gasteiger partial charge in [-0.25, -0.2) is 9.59 Å². The summed E-state index contributed by atoms with van der Waals surface area (Å²) in [4.78, 5) is 64.3. The predicted molar refractivity (Wildman–Crippen MR) is 174 cm³/mol. The van der Waals surface area contributed by atoms with E-state index in [1.165, 1.54) is 13.0 Å². The van der Waals surface area contributed by atoms with Crippen molar-refractivity contribution in [3.05, 3.63) is 34.9 Å². The van der Waals surface area contributed by atoms with Crippen molar-refractivity contribution in [1.29, 1.82) is 0 Å². The minimum Gasteiger partial charge on any atom is -0.458 e. The van der Waals surface area contributed by atoms with Gasteiger partial charge in [-0.1, -0.05) is 25.0 Å². The molecule has 2 heterocycles. The number of esters is 3. The first-order valence-corrected chi connectivity index (χ1v) is 17.3. The summed E-state index contributed by atoms with van der Waals surface area (Å²) < 4.78 is 29.3. The lowest BCUT2D eigenvalue weighted by Crippen LogP contribution is -2.70. The van der Waals surface area contributed by atoms with Gasteiger partial charge in [0.25, 0.3) is 0 Å². The highest BCUT2D eigenvalue weighted by atomic mass is 16.7. The van der Waals surface area contributed by atoms with Crippen molar-refractivity contribution >= 4 is 29.8 Å². The summed E-state index contributed by atoms with van der Waals surface area (Å²) in [5.41, 5.74) is -3.12. The molecular formula is C37H49NO11. The van der Waals surface area contributed by atoms with E-state index < -0.39 is 88.5 Å². The Labute approximate surface area is 286 Å². The number of carbonyl (C=O) groups excluding carboxylic acids is 5. The summed E-state index contributed by atoms with van der Waals surface area (Å²) in [5.74, 6) is -3.03. The van der Waals surface area contributed by atoms with E-state index in [-0.39, 0.29) is 17.7 Å². The van der Waals surface area contributed by atoms with E-state index in [9.17, 15) is 29.1 Å². The van der Waals surface area contributed by atoms with Gasteiger partial charge in [0.15, 0.2) is 11.9 Å². The second-order valence-corrected chi connectivity index (χ2v) is 16.2. The topological polar surface area (TPSA) is 167 Å². The van der Waals surface area contributed by atoms with E-state index in [1.54, 1.807) is 33.8 Å². The lowest BCUT2D eigenvalue weighted by Gasteiger charge is -2.61. The van der Waals surface area contributed by atoms with Gasteiger partial charge in [0.2, 0.25) is 0 Å². The molecule has 12 nitrogen and oxygen atoms in total. The number of alkyl carbamates (subject to hydrolysis) is 1. The summed E-state index contributed by atoms with van der Waals surface area (Å²) >= 11 is 0. The number of allylic oxidation sites excluding steroid dienone is 1. The van der Waals surface area contributed by atoms with Crippen LogP contribution in [0.4, 0.5) is 4.79 Å². The first kappa shape index (κ1) is 35.3. The van der Waals surface area contributed by atoms with Gasteiger partial charge >= 0.3 is 24.0 Å². The van der Waals surface area contributed by atoms with Gasteiger partial charge < -0.3 is 34.1 Å². The molecule has 0 aromatic heterocycles. The molecule has 0 radical (unpaired) electrons. The Morgan fingerprint density at radius 2 is 1.80 bits per heavy atom. The van der Waals surface area contributed by atoms with Crippen LogP contribution in [0.3, 0.4) is 0 Å². The fourth-order valence-corrected chi connectivity index (χ4v) is 9.89. The van der Waals surface area contributed by atoms with Crippen LogP contribution >= 0.6 is 0 Å². The fraction of sp³-hybridized carbons (Fsp3) is 0.703. The maximum absolute atomic E-state index is 14.0. The second-order valence-electron chi connectivity index (χ2n) is 16.2. The van der Waals surface area contributed by atoms with Crippen molar-refractivity contribution in [2.24, 2.45) is 28.6 Å². The van der Waals surface area contributed by atoms with E-state index in [4.69, 9.17) is 23.7 Å². The highest BCUT2D eigenvalue weighted by Crippen LogP contribution is 2.74. The molecule has 1 amide bonds. The normalized spacial score (nSPS) is 41.2. The summed E-state index contributed by atoms with van der Waals surface area (Å²) in [5, 5.41) is 15.5. The molecular weight excluding hydrogens is 634 g/mol. The summed E-state index contributed by atoms with van der Waals surface area (Å²) in [6, 6.07) is 0. The van der Waals surface area contributed by atoms with Crippen LogP contribution in [-0.4, -0.2) is 82.7 Å². The lowest BCUT2D eigenvalue weighted by atomic mass is 9.42. The Kier molecular flexibility index (Phi) is 8.30. The van der Waals surface area contributed by atoms with Crippen molar-refractivity contribution in [2.45, 2.75) is 129 Å². The third kappa shape index (κ3) is 5.18. The van der Waals surface area contributed by atoms with Crippen LogP contribution in [0.2, 0.25) is 0 Å². The Bertz CT molecular complexity index is 1590.